The Balaban J connectivity index is 1.62. The lowest BCUT2D eigenvalue weighted by Gasteiger charge is -2.07. The highest BCUT2D eigenvalue weighted by Gasteiger charge is 2.23. The molecule has 1 aliphatic rings. The van der Waals surface area contributed by atoms with Crippen LogP contribution in [0, 0.1) is 0 Å². The van der Waals surface area contributed by atoms with Crippen LogP contribution in [-0.4, -0.2) is 23.7 Å². The number of carbonyl (C=O) groups is 1. The van der Waals surface area contributed by atoms with Gasteiger partial charge in [-0.1, -0.05) is 17.4 Å². The maximum atomic E-state index is 12.5. The van der Waals surface area contributed by atoms with Crippen molar-refractivity contribution in [2.45, 2.75) is 24.2 Å². The van der Waals surface area contributed by atoms with E-state index in [0.717, 1.165) is 36.2 Å². The lowest BCUT2D eigenvalue weighted by Crippen LogP contribution is -2.30. The van der Waals surface area contributed by atoms with Crippen LogP contribution in [0.15, 0.2) is 40.1 Å². The molecule has 1 amide bonds. The smallest absolute Gasteiger partial charge is 0.276 e. The van der Waals surface area contributed by atoms with E-state index in [9.17, 15) is 13.2 Å². The number of amides is 1. The first kappa shape index (κ1) is 15.8. The Morgan fingerprint density at radius 3 is 2.88 bits per heavy atom. The van der Waals surface area contributed by atoms with Gasteiger partial charge < -0.3 is 0 Å². The van der Waals surface area contributed by atoms with Crippen molar-refractivity contribution < 1.29 is 13.2 Å². The van der Waals surface area contributed by atoms with E-state index in [1.54, 1.807) is 28.9 Å². The molecule has 24 heavy (non-hydrogen) atoms. The van der Waals surface area contributed by atoms with Gasteiger partial charge in [0.05, 0.1) is 11.1 Å². The summed E-state index contributed by atoms with van der Waals surface area (Å²) in [6.07, 6.45) is 6.07. The van der Waals surface area contributed by atoms with E-state index in [1.165, 1.54) is 5.56 Å². The molecule has 1 aromatic carbocycles. The summed E-state index contributed by atoms with van der Waals surface area (Å²) >= 11 is 4.44. The van der Waals surface area contributed by atoms with Crippen LogP contribution in [0.5, 0.6) is 0 Å². The van der Waals surface area contributed by atoms with E-state index < -0.39 is 15.9 Å². The number of imidazole rings is 1. The number of hydrogen-bond donors (Lipinski definition) is 1. The summed E-state index contributed by atoms with van der Waals surface area (Å²) < 4.78 is 29.5. The van der Waals surface area contributed by atoms with Gasteiger partial charge in [-0.25, -0.2) is 18.1 Å². The topological polar surface area (TPSA) is 80.5 Å². The van der Waals surface area contributed by atoms with Gasteiger partial charge in [0.25, 0.3) is 15.9 Å². The average Bonchev–Trinajstić information content (AvgIpc) is 3.23. The lowest BCUT2D eigenvalue weighted by molar-refractivity contribution is 0.0985. The Bertz CT molecular complexity index is 1070. The Hall–Kier alpha value is -1.71. The second kappa shape index (κ2) is 5.68. The van der Waals surface area contributed by atoms with Crippen molar-refractivity contribution in [1.82, 2.24) is 14.1 Å². The van der Waals surface area contributed by atoms with Crippen LogP contribution in [0.25, 0.3) is 4.96 Å². The molecule has 2 heterocycles. The minimum Gasteiger partial charge on any atom is -0.284 e. The fourth-order valence-corrected chi connectivity index (χ4v) is 5.23. The van der Waals surface area contributed by atoms with Gasteiger partial charge in [0.1, 0.15) is 9.48 Å². The third kappa shape index (κ3) is 2.66. The van der Waals surface area contributed by atoms with E-state index in [2.05, 4.69) is 25.6 Å². The molecule has 0 fully saturated rings. The zero-order chi connectivity index (χ0) is 16.9. The number of thiazole rings is 1. The number of benzene rings is 1. The summed E-state index contributed by atoms with van der Waals surface area (Å²) in [5.74, 6) is -0.655. The van der Waals surface area contributed by atoms with E-state index in [1.807, 2.05) is 6.07 Å². The second-order valence-electron chi connectivity index (χ2n) is 5.55. The van der Waals surface area contributed by atoms with Crippen LogP contribution in [0.2, 0.25) is 0 Å². The number of sulfonamides is 1. The van der Waals surface area contributed by atoms with Crippen molar-refractivity contribution >= 4 is 48.2 Å². The normalized spacial score (nSPS) is 14.0. The number of carbonyl (C=O) groups excluding carboxylic acids is 1. The third-order valence-electron chi connectivity index (χ3n) is 4.00. The standard InChI is InChI=1S/C15H12BrN3O3S2/c16-13-7-17-15-19(13)8-12(23-15)14(20)18-24(21,22)11-5-4-9-2-1-3-10(9)6-11/h4-8H,1-3H2,(H,18,20). The number of rotatable bonds is 3. The van der Waals surface area contributed by atoms with Crippen molar-refractivity contribution in [1.29, 1.82) is 0 Å². The summed E-state index contributed by atoms with van der Waals surface area (Å²) in [5, 5.41) is 0. The largest absolute Gasteiger partial charge is 0.284 e. The van der Waals surface area contributed by atoms with Gasteiger partial charge in [-0.3, -0.25) is 9.20 Å². The van der Waals surface area contributed by atoms with E-state index >= 15 is 0 Å². The lowest BCUT2D eigenvalue weighted by atomic mass is 10.1. The molecule has 4 rings (SSSR count). The molecule has 3 aromatic rings. The van der Waals surface area contributed by atoms with Crippen LogP contribution in [-0.2, 0) is 22.9 Å². The van der Waals surface area contributed by atoms with Crippen LogP contribution in [0.4, 0.5) is 0 Å². The Morgan fingerprint density at radius 1 is 1.29 bits per heavy atom. The summed E-state index contributed by atoms with van der Waals surface area (Å²) in [5.41, 5.74) is 2.23. The molecule has 2 aromatic heterocycles. The van der Waals surface area contributed by atoms with Crippen molar-refractivity contribution in [3.63, 3.8) is 0 Å². The molecule has 0 atom stereocenters. The van der Waals surface area contributed by atoms with Crippen molar-refractivity contribution in [3.05, 3.63) is 51.2 Å². The summed E-state index contributed by atoms with van der Waals surface area (Å²) in [4.78, 5) is 17.4. The molecule has 0 spiro atoms. The number of hydrogen-bond acceptors (Lipinski definition) is 5. The number of fused-ring (bicyclic) bond motifs is 2. The summed E-state index contributed by atoms with van der Waals surface area (Å²) in [6.45, 7) is 0. The molecule has 1 N–H and O–H groups in total. The number of aryl methyl sites for hydroxylation is 2. The van der Waals surface area contributed by atoms with Gasteiger partial charge >= 0.3 is 0 Å². The maximum Gasteiger partial charge on any atom is 0.276 e. The predicted octanol–water partition coefficient (Wildman–Crippen LogP) is 2.77. The Labute approximate surface area is 150 Å². The van der Waals surface area contributed by atoms with Crippen LogP contribution < -0.4 is 4.72 Å². The fourth-order valence-electron chi connectivity index (χ4n) is 2.81. The van der Waals surface area contributed by atoms with Crippen molar-refractivity contribution in [2.24, 2.45) is 0 Å². The van der Waals surface area contributed by atoms with Crippen LogP contribution >= 0.6 is 27.3 Å². The highest BCUT2D eigenvalue weighted by atomic mass is 79.9. The minimum atomic E-state index is -3.89. The number of nitrogens with zero attached hydrogens (tertiary/aromatic N) is 2. The zero-order valence-electron chi connectivity index (χ0n) is 12.3. The molecule has 0 radical (unpaired) electrons. The number of aromatic nitrogens is 2. The summed E-state index contributed by atoms with van der Waals surface area (Å²) in [6, 6.07) is 5.05. The van der Waals surface area contributed by atoms with Gasteiger partial charge in [0.15, 0.2) is 4.96 Å². The first-order valence-corrected chi connectivity index (χ1v) is 10.3. The van der Waals surface area contributed by atoms with Gasteiger partial charge in [0.2, 0.25) is 0 Å². The first-order valence-electron chi connectivity index (χ1n) is 7.25. The number of halogens is 1. The summed E-state index contributed by atoms with van der Waals surface area (Å²) in [7, 11) is -3.89. The molecule has 9 heteroatoms. The SMILES string of the molecule is O=C(NS(=O)(=O)c1ccc2c(c1)CCC2)c1cn2c(Br)cnc2s1. The molecular formula is C15H12BrN3O3S2. The Morgan fingerprint density at radius 2 is 2.08 bits per heavy atom. The van der Waals surface area contributed by atoms with Gasteiger partial charge in [0, 0.05) is 6.20 Å². The Kier molecular flexibility index (Phi) is 3.74. The number of nitrogens with one attached hydrogen (secondary N) is 1. The monoisotopic (exact) mass is 425 g/mol. The second-order valence-corrected chi connectivity index (χ2v) is 9.05. The minimum absolute atomic E-state index is 0.124. The van der Waals surface area contributed by atoms with Crippen LogP contribution in [0.3, 0.4) is 0 Å². The molecule has 0 bridgehead atoms. The van der Waals surface area contributed by atoms with Crippen molar-refractivity contribution in [2.75, 3.05) is 0 Å². The van der Waals surface area contributed by atoms with E-state index in [4.69, 9.17) is 0 Å². The molecule has 0 aliphatic heterocycles. The van der Waals surface area contributed by atoms with Crippen molar-refractivity contribution in [3.8, 4) is 0 Å². The molecule has 0 unspecified atom stereocenters. The fraction of sp³-hybridized carbons (Fsp3) is 0.200. The molecule has 0 saturated carbocycles. The molecular weight excluding hydrogens is 414 g/mol. The predicted molar refractivity (Wildman–Crippen MR) is 93.9 cm³/mol. The van der Waals surface area contributed by atoms with Gasteiger partial charge in [-0.05, 0) is 58.5 Å². The molecule has 6 nitrogen and oxygen atoms in total. The van der Waals surface area contributed by atoms with Crippen LogP contribution in [0.1, 0.15) is 27.2 Å². The van der Waals surface area contributed by atoms with Gasteiger partial charge in [-0.2, -0.15) is 0 Å². The third-order valence-corrected chi connectivity index (χ3v) is 6.91. The highest BCUT2D eigenvalue weighted by molar-refractivity contribution is 9.10. The van der Waals surface area contributed by atoms with E-state index in [-0.39, 0.29) is 9.77 Å². The molecule has 124 valence electrons. The van der Waals surface area contributed by atoms with E-state index in [0.29, 0.717) is 9.56 Å². The highest BCUT2D eigenvalue weighted by Crippen LogP contribution is 2.25. The zero-order valence-corrected chi connectivity index (χ0v) is 15.5. The quantitative estimate of drug-likeness (QED) is 0.699. The molecule has 1 aliphatic carbocycles. The maximum absolute atomic E-state index is 12.5. The average molecular weight is 426 g/mol. The molecule has 0 saturated heterocycles. The first-order chi connectivity index (χ1) is 11.4. The van der Waals surface area contributed by atoms with Gasteiger partial charge in [-0.15, -0.1) is 0 Å².